The Labute approximate surface area is 204 Å². The fraction of sp³-hybridized carbons (Fsp3) is 0.214. The van der Waals surface area contributed by atoms with Crippen molar-refractivity contribution in [2.45, 2.75) is 26.2 Å². The second kappa shape index (κ2) is 11.6. The molecule has 35 heavy (non-hydrogen) atoms. The highest BCUT2D eigenvalue weighted by Crippen LogP contribution is 2.26. The van der Waals surface area contributed by atoms with Gasteiger partial charge in [0.05, 0.1) is 17.5 Å². The highest BCUT2D eigenvalue weighted by atomic mass is 16.5. The van der Waals surface area contributed by atoms with E-state index in [0.717, 1.165) is 27.7 Å². The molecule has 0 fully saturated rings. The van der Waals surface area contributed by atoms with Gasteiger partial charge >= 0.3 is 0 Å². The predicted molar refractivity (Wildman–Crippen MR) is 134 cm³/mol. The topological polar surface area (TPSA) is 104 Å². The summed E-state index contributed by atoms with van der Waals surface area (Å²) in [5.41, 5.74) is 6.18. The quantitative estimate of drug-likeness (QED) is 0.205. The van der Waals surface area contributed by atoms with E-state index in [1.165, 1.54) is 0 Å². The molecule has 0 aliphatic rings. The van der Waals surface area contributed by atoms with E-state index in [4.69, 9.17) is 4.74 Å². The molecule has 2 unspecified atom stereocenters. The van der Waals surface area contributed by atoms with Crippen molar-refractivity contribution >= 4 is 16.8 Å². The predicted octanol–water partition coefficient (Wildman–Crippen LogP) is 4.07. The molecule has 0 radical (unpaired) electrons. The van der Waals surface area contributed by atoms with Crippen LogP contribution in [0.4, 0.5) is 0 Å². The molecule has 0 spiro atoms. The van der Waals surface area contributed by atoms with Crippen molar-refractivity contribution in [2.24, 2.45) is 5.92 Å². The number of fused-ring (bicyclic) bond motifs is 1. The van der Waals surface area contributed by atoms with E-state index in [0.29, 0.717) is 24.5 Å². The minimum atomic E-state index is -1.11. The van der Waals surface area contributed by atoms with E-state index in [2.05, 4.69) is 10.3 Å². The summed E-state index contributed by atoms with van der Waals surface area (Å²) in [6.45, 7) is 3.07. The number of amides is 1. The van der Waals surface area contributed by atoms with Gasteiger partial charge in [-0.2, -0.15) is 0 Å². The Bertz CT molecular complexity index is 1260. The number of benzene rings is 3. The molecule has 0 aliphatic carbocycles. The Morgan fingerprint density at radius 2 is 1.71 bits per heavy atom. The van der Waals surface area contributed by atoms with E-state index in [1.807, 2.05) is 67.6 Å². The Morgan fingerprint density at radius 1 is 1.00 bits per heavy atom. The first kappa shape index (κ1) is 24.3. The molecule has 1 heterocycles. The lowest BCUT2D eigenvalue weighted by atomic mass is 9.94. The van der Waals surface area contributed by atoms with E-state index >= 15 is 0 Å². The van der Waals surface area contributed by atoms with E-state index in [1.54, 1.807) is 29.7 Å². The standard InChI is InChI=1S/C28H29N3O4/c1-19-15-22(24-9-5-6-10-26(24)30-19)18-35-23-13-11-21(12-14-23)27(32)25(28(33)31-34)17-29-16-20-7-3-2-4-8-20/h2-15,25,27,29,32,34H,16-18H2,1H3,(H,31,33). The van der Waals surface area contributed by atoms with Crippen molar-refractivity contribution in [3.05, 3.63) is 107 Å². The van der Waals surface area contributed by atoms with Crippen LogP contribution in [0.15, 0.2) is 84.9 Å². The summed E-state index contributed by atoms with van der Waals surface area (Å²) in [7, 11) is 0. The van der Waals surface area contributed by atoms with Crippen LogP contribution in [-0.2, 0) is 17.9 Å². The molecule has 2 atom stereocenters. The Balaban J connectivity index is 1.40. The van der Waals surface area contributed by atoms with E-state index in [9.17, 15) is 15.1 Å². The van der Waals surface area contributed by atoms with Gasteiger partial charge in [-0.25, -0.2) is 5.48 Å². The van der Waals surface area contributed by atoms with Crippen LogP contribution < -0.4 is 15.5 Å². The molecule has 0 bridgehead atoms. The minimum absolute atomic E-state index is 0.190. The minimum Gasteiger partial charge on any atom is -0.489 e. The lowest BCUT2D eigenvalue weighted by Crippen LogP contribution is -2.39. The third-order valence-corrected chi connectivity index (χ3v) is 5.91. The second-order valence-corrected chi connectivity index (χ2v) is 8.44. The first-order chi connectivity index (χ1) is 17.0. The number of para-hydroxylation sites is 1. The lowest BCUT2D eigenvalue weighted by Gasteiger charge is -2.22. The number of hydroxylamine groups is 1. The number of ether oxygens (including phenoxy) is 1. The van der Waals surface area contributed by atoms with Crippen LogP contribution >= 0.6 is 0 Å². The number of aromatic nitrogens is 1. The Morgan fingerprint density at radius 3 is 2.46 bits per heavy atom. The number of rotatable bonds is 10. The van der Waals surface area contributed by atoms with Crippen LogP contribution in [0.25, 0.3) is 10.9 Å². The zero-order chi connectivity index (χ0) is 24.6. The highest BCUT2D eigenvalue weighted by molar-refractivity contribution is 5.82. The maximum absolute atomic E-state index is 12.2. The lowest BCUT2D eigenvalue weighted by molar-refractivity contribution is -0.137. The zero-order valence-corrected chi connectivity index (χ0v) is 19.5. The molecule has 4 aromatic rings. The van der Waals surface area contributed by atoms with Gasteiger partial charge in [-0.1, -0.05) is 60.7 Å². The molecule has 7 heteroatoms. The molecule has 180 valence electrons. The molecule has 4 N–H and O–H groups in total. The van der Waals surface area contributed by atoms with Crippen LogP contribution in [0, 0.1) is 12.8 Å². The maximum atomic E-state index is 12.2. The van der Waals surface area contributed by atoms with Crippen LogP contribution in [0.3, 0.4) is 0 Å². The number of nitrogens with zero attached hydrogens (tertiary/aromatic N) is 1. The average molecular weight is 472 g/mol. The smallest absolute Gasteiger partial charge is 0.250 e. The third kappa shape index (κ3) is 6.22. The van der Waals surface area contributed by atoms with Crippen molar-refractivity contribution < 1.29 is 19.8 Å². The molecule has 7 nitrogen and oxygen atoms in total. The number of aryl methyl sites for hydroxylation is 1. The first-order valence-corrected chi connectivity index (χ1v) is 11.5. The number of pyridine rings is 1. The van der Waals surface area contributed by atoms with Crippen molar-refractivity contribution in [1.29, 1.82) is 0 Å². The van der Waals surface area contributed by atoms with Crippen LogP contribution in [0.5, 0.6) is 5.75 Å². The van der Waals surface area contributed by atoms with E-state index < -0.39 is 17.9 Å². The Kier molecular flexibility index (Phi) is 8.05. The van der Waals surface area contributed by atoms with Crippen LogP contribution in [0.1, 0.15) is 28.5 Å². The van der Waals surface area contributed by atoms with Crippen molar-refractivity contribution in [3.8, 4) is 5.75 Å². The summed E-state index contributed by atoms with van der Waals surface area (Å²) in [4.78, 5) is 16.8. The summed E-state index contributed by atoms with van der Waals surface area (Å²) < 4.78 is 5.99. The number of nitrogens with one attached hydrogen (secondary N) is 2. The fourth-order valence-electron chi connectivity index (χ4n) is 4.07. The molecule has 4 rings (SSSR count). The van der Waals surface area contributed by atoms with Crippen LogP contribution in [-0.4, -0.2) is 27.7 Å². The Hall–Kier alpha value is -3.78. The van der Waals surface area contributed by atoms with Gasteiger partial charge in [0.15, 0.2) is 0 Å². The number of hydrogen-bond acceptors (Lipinski definition) is 6. The number of aliphatic hydroxyl groups excluding tert-OH is 1. The third-order valence-electron chi connectivity index (χ3n) is 5.91. The summed E-state index contributed by atoms with van der Waals surface area (Å²) >= 11 is 0. The van der Waals surface area contributed by atoms with Crippen molar-refractivity contribution in [2.75, 3.05) is 6.54 Å². The highest BCUT2D eigenvalue weighted by Gasteiger charge is 2.27. The number of hydrogen-bond donors (Lipinski definition) is 4. The largest absolute Gasteiger partial charge is 0.489 e. The number of aliphatic hydroxyl groups is 1. The van der Waals surface area contributed by atoms with Gasteiger partial charge in [-0.15, -0.1) is 0 Å². The molecule has 0 saturated heterocycles. The normalized spacial score (nSPS) is 12.8. The molecule has 0 saturated carbocycles. The monoisotopic (exact) mass is 471 g/mol. The second-order valence-electron chi connectivity index (χ2n) is 8.44. The molecule has 1 amide bonds. The van der Waals surface area contributed by atoms with Gasteiger partial charge in [0, 0.05) is 29.7 Å². The molecular weight excluding hydrogens is 442 g/mol. The average Bonchev–Trinajstić information content (AvgIpc) is 2.90. The van der Waals surface area contributed by atoms with Gasteiger partial charge in [-0.3, -0.25) is 15.0 Å². The summed E-state index contributed by atoms with van der Waals surface area (Å²) in [5, 5.41) is 24.3. The summed E-state index contributed by atoms with van der Waals surface area (Å²) in [6.07, 6.45) is -1.11. The maximum Gasteiger partial charge on any atom is 0.250 e. The van der Waals surface area contributed by atoms with Gasteiger partial charge in [0.1, 0.15) is 12.4 Å². The molecule has 1 aromatic heterocycles. The van der Waals surface area contributed by atoms with Gasteiger partial charge in [-0.05, 0) is 42.3 Å². The van der Waals surface area contributed by atoms with Crippen molar-refractivity contribution in [3.63, 3.8) is 0 Å². The van der Waals surface area contributed by atoms with Gasteiger partial charge < -0.3 is 15.2 Å². The van der Waals surface area contributed by atoms with Crippen LogP contribution in [0.2, 0.25) is 0 Å². The van der Waals surface area contributed by atoms with E-state index in [-0.39, 0.29) is 6.54 Å². The molecular formula is C28H29N3O4. The SMILES string of the molecule is Cc1cc(COc2ccc(C(O)C(CNCc3ccccc3)C(=O)NO)cc2)c2ccccc2n1. The van der Waals surface area contributed by atoms with Gasteiger partial charge in [0.25, 0.3) is 5.91 Å². The summed E-state index contributed by atoms with van der Waals surface area (Å²) in [6, 6.07) is 26.7. The first-order valence-electron chi connectivity index (χ1n) is 11.5. The van der Waals surface area contributed by atoms with Gasteiger partial charge in [0.2, 0.25) is 0 Å². The molecule has 3 aromatic carbocycles. The fourth-order valence-corrected chi connectivity index (χ4v) is 4.07. The number of carbonyl (C=O) groups is 1. The number of carbonyl (C=O) groups excluding carboxylic acids is 1. The van der Waals surface area contributed by atoms with Crippen molar-refractivity contribution in [1.82, 2.24) is 15.8 Å². The zero-order valence-electron chi connectivity index (χ0n) is 19.5. The summed E-state index contributed by atoms with van der Waals surface area (Å²) in [5.74, 6) is -0.884. The molecule has 0 aliphatic heterocycles.